The van der Waals surface area contributed by atoms with Crippen molar-refractivity contribution in [2.45, 2.75) is 357 Å². The zero-order valence-corrected chi connectivity index (χ0v) is 48.5. The van der Waals surface area contributed by atoms with Gasteiger partial charge < -0.3 is 65.1 Å². The number of nitrogens with one attached hydrogen (secondary N) is 1. The minimum Gasteiger partial charge on any atom is -0.394 e. The summed E-state index contributed by atoms with van der Waals surface area (Å²) in [5, 5.41) is 87.2. The molecule has 12 unspecified atom stereocenters. The monoisotopic (exact) mass is 1090 g/mol. The Morgan fingerprint density at radius 1 is 0.461 bits per heavy atom. The number of aliphatic hydroxyl groups is 8. The van der Waals surface area contributed by atoms with Crippen molar-refractivity contribution in [3.8, 4) is 0 Å². The molecule has 450 valence electrons. The van der Waals surface area contributed by atoms with Crippen molar-refractivity contribution in [2.24, 2.45) is 0 Å². The first-order chi connectivity index (χ1) is 37.1. The molecule has 1 amide bonds. The van der Waals surface area contributed by atoms with Crippen LogP contribution in [0.3, 0.4) is 0 Å². The number of hydrogen-bond acceptors (Lipinski definition) is 13. The van der Waals surface area contributed by atoms with Gasteiger partial charge in [0, 0.05) is 6.42 Å². The second-order valence-electron chi connectivity index (χ2n) is 22.9. The van der Waals surface area contributed by atoms with Crippen LogP contribution in [0.25, 0.3) is 0 Å². The molecule has 76 heavy (non-hydrogen) atoms. The fourth-order valence-electron chi connectivity index (χ4n) is 10.8. The van der Waals surface area contributed by atoms with Gasteiger partial charge in [-0.15, -0.1) is 0 Å². The third kappa shape index (κ3) is 33.5. The second kappa shape index (κ2) is 48.4. The zero-order valence-electron chi connectivity index (χ0n) is 48.5. The Morgan fingerprint density at radius 2 is 0.829 bits per heavy atom. The normalized spacial score (nSPS) is 24.9. The summed E-state index contributed by atoms with van der Waals surface area (Å²) in [6.45, 7) is 2.88. The van der Waals surface area contributed by atoms with Crippen LogP contribution in [0.5, 0.6) is 0 Å². The molecular formula is C62H119NO13. The summed E-state index contributed by atoms with van der Waals surface area (Å²) < 4.78 is 22.8. The van der Waals surface area contributed by atoms with Crippen LogP contribution in [0.4, 0.5) is 0 Å². The number of aliphatic hydroxyl groups excluding tert-OH is 8. The third-order valence-electron chi connectivity index (χ3n) is 16.0. The Hall–Kier alpha value is -1.27. The van der Waals surface area contributed by atoms with Crippen LogP contribution in [0.2, 0.25) is 0 Å². The highest BCUT2D eigenvalue weighted by molar-refractivity contribution is 5.76. The number of rotatable bonds is 52. The quantitative estimate of drug-likeness (QED) is 0.0204. The van der Waals surface area contributed by atoms with Gasteiger partial charge in [0.15, 0.2) is 12.6 Å². The van der Waals surface area contributed by atoms with Gasteiger partial charge in [-0.2, -0.15) is 0 Å². The molecular weight excluding hydrogens is 967 g/mol. The van der Waals surface area contributed by atoms with E-state index in [2.05, 4.69) is 31.3 Å². The topological polar surface area (TPSA) is 228 Å². The summed E-state index contributed by atoms with van der Waals surface area (Å²) in [5.74, 6) is -0.202. The maximum atomic E-state index is 13.3. The van der Waals surface area contributed by atoms with E-state index in [1.807, 2.05) is 0 Å². The van der Waals surface area contributed by atoms with Gasteiger partial charge in [0.1, 0.15) is 48.8 Å². The van der Waals surface area contributed by atoms with E-state index >= 15 is 0 Å². The molecule has 2 rings (SSSR count). The first-order valence-electron chi connectivity index (χ1n) is 31.9. The smallest absolute Gasteiger partial charge is 0.220 e. The van der Waals surface area contributed by atoms with E-state index in [9.17, 15) is 45.6 Å². The third-order valence-corrected chi connectivity index (χ3v) is 16.0. The summed E-state index contributed by atoms with van der Waals surface area (Å²) >= 11 is 0. The Balaban J connectivity index is 1.65. The molecule has 0 spiro atoms. The van der Waals surface area contributed by atoms with Gasteiger partial charge in [0.25, 0.3) is 0 Å². The van der Waals surface area contributed by atoms with Crippen molar-refractivity contribution in [1.29, 1.82) is 0 Å². The number of hydrogen-bond donors (Lipinski definition) is 9. The van der Waals surface area contributed by atoms with E-state index < -0.39 is 86.8 Å². The number of unbranched alkanes of at least 4 members (excludes halogenated alkanes) is 37. The molecule has 14 nitrogen and oxygen atoms in total. The predicted octanol–water partition coefficient (Wildman–Crippen LogP) is 11.5. The van der Waals surface area contributed by atoms with E-state index in [1.54, 1.807) is 0 Å². The van der Waals surface area contributed by atoms with Crippen LogP contribution in [0.15, 0.2) is 12.2 Å². The number of ether oxygens (including phenoxy) is 4. The lowest BCUT2D eigenvalue weighted by molar-refractivity contribution is -0.359. The molecule has 2 aliphatic rings. The molecule has 0 aromatic carbocycles. The van der Waals surface area contributed by atoms with Crippen molar-refractivity contribution in [3.05, 3.63) is 12.2 Å². The molecule has 2 aliphatic heterocycles. The van der Waals surface area contributed by atoms with E-state index in [1.165, 1.54) is 205 Å². The van der Waals surface area contributed by atoms with Crippen LogP contribution < -0.4 is 5.32 Å². The standard InChI is InChI=1S/C62H119NO13/c1-3-5-7-9-11-13-15-17-18-19-20-21-22-23-24-25-26-27-28-29-30-31-32-34-36-38-40-42-44-46-54(67)63-50(51(66)45-43-41-39-37-35-33-16-14-12-10-8-6-4-2)49-73-61-59(72)57(70)60(53(48-65)75-61)76-62-58(71)56(69)55(68)52(47-64)74-62/h19-20,50-53,55-62,64-66,68-72H,3-18,21-49H2,1-2H3,(H,63,67)/b20-19-. The van der Waals surface area contributed by atoms with Crippen LogP contribution >= 0.6 is 0 Å². The highest BCUT2D eigenvalue weighted by Crippen LogP contribution is 2.30. The van der Waals surface area contributed by atoms with Gasteiger partial charge in [-0.3, -0.25) is 4.79 Å². The number of carbonyl (C=O) groups excluding carboxylic acids is 1. The Labute approximate surface area is 463 Å². The molecule has 9 N–H and O–H groups in total. The van der Waals surface area contributed by atoms with Crippen molar-refractivity contribution >= 4 is 5.91 Å². The lowest BCUT2D eigenvalue weighted by Gasteiger charge is -2.46. The molecule has 14 heteroatoms. The van der Waals surface area contributed by atoms with Crippen molar-refractivity contribution in [1.82, 2.24) is 5.32 Å². The van der Waals surface area contributed by atoms with Gasteiger partial charge in [0.05, 0.1) is 32.0 Å². The summed E-state index contributed by atoms with van der Waals surface area (Å²) in [7, 11) is 0. The van der Waals surface area contributed by atoms with Gasteiger partial charge in [-0.05, 0) is 38.5 Å². The molecule has 12 atom stereocenters. The lowest BCUT2D eigenvalue weighted by atomic mass is 9.97. The molecule has 2 heterocycles. The van der Waals surface area contributed by atoms with Gasteiger partial charge in [-0.25, -0.2) is 0 Å². The van der Waals surface area contributed by atoms with Crippen LogP contribution in [0, 0.1) is 0 Å². The van der Waals surface area contributed by atoms with Gasteiger partial charge in [0.2, 0.25) is 5.91 Å². The summed E-state index contributed by atoms with van der Waals surface area (Å²) in [4.78, 5) is 13.3. The number of amides is 1. The summed E-state index contributed by atoms with van der Waals surface area (Å²) in [6.07, 6.45) is 39.4. The lowest BCUT2D eigenvalue weighted by Crippen LogP contribution is -2.65. The maximum absolute atomic E-state index is 13.3. The predicted molar refractivity (Wildman–Crippen MR) is 305 cm³/mol. The van der Waals surface area contributed by atoms with Crippen molar-refractivity contribution in [2.75, 3.05) is 19.8 Å². The molecule has 0 saturated carbocycles. The highest BCUT2D eigenvalue weighted by atomic mass is 16.7. The van der Waals surface area contributed by atoms with E-state index in [4.69, 9.17) is 18.9 Å². The molecule has 2 fully saturated rings. The Morgan fingerprint density at radius 3 is 1.25 bits per heavy atom. The van der Waals surface area contributed by atoms with Crippen molar-refractivity contribution < 1.29 is 64.6 Å². The average molecular weight is 1090 g/mol. The molecule has 2 saturated heterocycles. The first kappa shape index (κ1) is 70.8. The number of carbonyl (C=O) groups is 1. The van der Waals surface area contributed by atoms with Crippen LogP contribution in [-0.2, 0) is 23.7 Å². The largest absolute Gasteiger partial charge is 0.394 e. The zero-order chi connectivity index (χ0) is 55.3. The fourth-order valence-corrected chi connectivity index (χ4v) is 10.8. The maximum Gasteiger partial charge on any atom is 0.220 e. The summed E-state index contributed by atoms with van der Waals surface area (Å²) in [6, 6.07) is -0.824. The molecule has 0 aliphatic carbocycles. The van der Waals surface area contributed by atoms with Gasteiger partial charge in [-0.1, -0.05) is 251 Å². The Kier molecular flexibility index (Phi) is 45.1. The van der Waals surface area contributed by atoms with E-state index in [0.29, 0.717) is 12.8 Å². The van der Waals surface area contributed by atoms with E-state index in [-0.39, 0.29) is 12.5 Å². The van der Waals surface area contributed by atoms with Gasteiger partial charge >= 0.3 is 0 Å². The first-order valence-corrected chi connectivity index (χ1v) is 31.9. The molecule has 0 radical (unpaired) electrons. The minimum atomic E-state index is -1.78. The van der Waals surface area contributed by atoms with Crippen molar-refractivity contribution in [3.63, 3.8) is 0 Å². The second-order valence-corrected chi connectivity index (χ2v) is 22.9. The minimum absolute atomic E-state index is 0.202. The molecule has 0 aromatic rings. The van der Waals surface area contributed by atoms with Crippen LogP contribution in [0.1, 0.15) is 284 Å². The number of allylic oxidation sites excluding steroid dienone is 2. The van der Waals surface area contributed by atoms with Crippen LogP contribution in [-0.4, -0.2) is 140 Å². The Bertz CT molecular complexity index is 1330. The molecule has 0 aromatic heterocycles. The molecule has 0 bridgehead atoms. The van der Waals surface area contributed by atoms with E-state index in [0.717, 1.165) is 51.4 Å². The summed E-state index contributed by atoms with van der Waals surface area (Å²) in [5.41, 5.74) is 0. The fraction of sp³-hybridized carbons (Fsp3) is 0.952. The SMILES string of the molecule is CCCCCCCCCC/C=C\CCCCCCCCCCCCCCCCCCCC(=O)NC(COC1OC(CO)C(OC2OC(CO)C(O)C(O)C2O)C(O)C1O)C(O)CCCCCCCCCCCCCCC. The average Bonchev–Trinajstić information content (AvgIpc) is 3.42. The highest BCUT2D eigenvalue weighted by Gasteiger charge is 2.51.